The Morgan fingerprint density at radius 1 is 1.29 bits per heavy atom. The van der Waals surface area contributed by atoms with Crippen molar-refractivity contribution in [3.05, 3.63) is 75.0 Å². The molecule has 1 amide bonds. The average molecular weight is 402 g/mol. The lowest BCUT2D eigenvalue weighted by Gasteiger charge is -2.29. The van der Waals surface area contributed by atoms with Gasteiger partial charge in [-0.2, -0.15) is 0 Å². The van der Waals surface area contributed by atoms with E-state index in [1.54, 1.807) is 36.2 Å². The van der Waals surface area contributed by atoms with Crippen molar-refractivity contribution in [2.24, 2.45) is 7.05 Å². The third-order valence-corrected chi connectivity index (χ3v) is 4.95. The topological polar surface area (TPSA) is 55.2 Å². The fourth-order valence-corrected chi connectivity index (χ4v) is 3.44. The van der Waals surface area contributed by atoms with Crippen LogP contribution < -0.4 is 5.56 Å². The summed E-state index contributed by atoms with van der Waals surface area (Å²) in [6, 6.07) is 10.1. The number of hydrogen-bond donors (Lipinski definition) is 0. The fraction of sp³-hybridized carbons (Fsp3) is 0.286. The van der Waals surface area contributed by atoms with Crippen LogP contribution in [0.1, 0.15) is 42.5 Å². The zero-order chi connectivity index (χ0) is 20.4. The normalized spacial score (nSPS) is 12.2. The molecule has 1 aromatic heterocycles. The number of hydrogen-bond acceptors (Lipinski definition) is 3. The van der Waals surface area contributed by atoms with Crippen LogP contribution in [0.2, 0.25) is 5.02 Å². The number of aromatic nitrogens is 2. The molecule has 1 atom stereocenters. The van der Waals surface area contributed by atoms with Gasteiger partial charge in [-0.1, -0.05) is 24.6 Å². The molecule has 0 bridgehead atoms. The van der Waals surface area contributed by atoms with E-state index in [1.807, 2.05) is 13.8 Å². The van der Waals surface area contributed by atoms with Crippen LogP contribution in [0.4, 0.5) is 4.39 Å². The minimum atomic E-state index is -0.478. The molecule has 3 rings (SSSR count). The Balaban J connectivity index is 2.07. The van der Waals surface area contributed by atoms with Crippen molar-refractivity contribution in [3.8, 4) is 0 Å². The summed E-state index contributed by atoms with van der Waals surface area (Å²) in [6.07, 6.45) is 0.711. The van der Waals surface area contributed by atoms with E-state index in [0.717, 1.165) is 0 Å². The van der Waals surface area contributed by atoms with Crippen LogP contribution in [-0.2, 0) is 7.05 Å². The summed E-state index contributed by atoms with van der Waals surface area (Å²) in [5.74, 6) is -0.319. The van der Waals surface area contributed by atoms with Crippen molar-refractivity contribution < 1.29 is 9.18 Å². The lowest BCUT2D eigenvalue weighted by atomic mass is 10.1. The Bertz CT molecular complexity index is 1100. The maximum Gasteiger partial charge on any atom is 0.261 e. The summed E-state index contributed by atoms with van der Waals surface area (Å²) < 4.78 is 15.0. The molecule has 2 aromatic carbocycles. The summed E-state index contributed by atoms with van der Waals surface area (Å²) in [5, 5.41) is 0.880. The van der Waals surface area contributed by atoms with Gasteiger partial charge >= 0.3 is 0 Å². The largest absolute Gasteiger partial charge is 0.329 e. The Hall–Kier alpha value is -2.73. The van der Waals surface area contributed by atoms with Crippen LogP contribution in [0.25, 0.3) is 10.9 Å². The van der Waals surface area contributed by atoms with Gasteiger partial charge in [0.25, 0.3) is 11.5 Å². The molecule has 0 saturated heterocycles. The quantitative estimate of drug-likeness (QED) is 0.639. The van der Waals surface area contributed by atoms with Crippen LogP contribution in [-0.4, -0.2) is 26.9 Å². The maximum atomic E-state index is 13.6. The Kier molecular flexibility index (Phi) is 5.79. The molecule has 146 valence electrons. The molecule has 0 N–H and O–H groups in total. The van der Waals surface area contributed by atoms with Crippen molar-refractivity contribution >= 4 is 28.4 Å². The lowest BCUT2D eigenvalue weighted by molar-refractivity contribution is 0.0679. The SMILES string of the molecule is CCCN(C(=O)c1cccc(F)c1)C(C)c1nc2ccc(Cl)cc2c(=O)n1C. The fourth-order valence-electron chi connectivity index (χ4n) is 3.27. The molecule has 0 saturated carbocycles. The van der Waals surface area contributed by atoms with Gasteiger partial charge in [-0.25, -0.2) is 9.37 Å². The van der Waals surface area contributed by atoms with E-state index in [9.17, 15) is 14.0 Å². The van der Waals surface area contributed by atoms with Gasteiger partial charge in [-0.05, 0) is 49.7 Å². The summed E-state index contributed by atoms with van der Waals surface area (Å²) >= 11 is 6.00. The van der Waals surface area contributed by atoms with E-state index in [0.29, 0.717) is 34.7 Å². The third kappa shape index (κ3) is 3.78. The summed E-state index contributed by atoms with van der Waals surface area (Å²) in [7, 11) is 1.62. The van der Waals surface area contributed by atoms with Gasteiger partial charge in [0.2, 0.25) is 0 Å². The van der Waals surface area contributed by atoms with E-state index in [-0.39, 0.29) is 17.0 Å². The van der Waals surface area contributed by atoms with Crippen LogP contribution in [0.5, 0.6) is 0 Å². The summed E-state index contributed by atoms with van der Waals surface area (Å²) in [6.45, 7) is 4.22. The van der Waals surface area contributed by atoms with Crippen molar-refractivity contribution in [3.63, 3.8) is 0 Å². The number of benzene rings is 2. The van der Waals surface area contributed by atoms with Gasteiger partial charge in [0.1, 0.15) is 11.6 Å². The first-order valence-corrected chi connectivity index (χ1v) is 9.44. The smallest absolute Gasteiger partial charge is 0.261 e. The number of amides is 1. The molecule has 1 unspecified atom stereocenters. The molecule has 0 radical (unpaired) electrons. The first-order chi connectivity index (χ1) is 13.3. The molecule has 7 heteroatoms. The summed E-state index contributed by atoms with van der Waals surface area (Å²) in [4.78, 5) is 32.0. The van der Waals surface area contributed by atoms with E-state index in [1.165, 1.54) is 22.8 Å². The monoisotopic (exact) mass is 401 g/mol. The standard InChI is InChI=1S/C21H21ClFN3O2/c1-4-10-26(20(27)14-6-5-7-16(23)11-14)13(2)19-24-18-9-8-15(22)12-17(18)21(28)25(19)3/h5-9,11-13H,4,10H2,1-3H3. The van der Waals surface area contributed by atoms with Gasteiger partial charge in [0.15, 0.2) is 0 Å². The Morgan fingerprint density at radius 3 is 2.71 bits per heavy atom. The molecule has 0 aliphatic heterocycles. The molecule has 0 spiro atoms. The molecule has 5 nitrogen and oxygen atoms in total. The average Bonchev–Trinajstić information content (AvgIpc) is 2.68. The van der Waals surface area contributed by atoms with Gasteiger partial charge < -0.3 is 4.90 Å². The van der Waals surface area contributed by atoms with Crippen molar-refractivity contribution in [2.75, 3.05) is 6.54 Å². The van der Waals surface area contributed by atoms with E-state index < -0.39 is 11.9 Å². The number of carbonyl (C=O) groups is 1. The minimum Gasteiger partial charge on any atom is -0.329 e. The highest BCUT2D eigenvalue weighted by atomic mass is 35.5. The van der Waals surface area contributed by atoms with Crippen LogP contribution in [0.3, 0.4) is 0 Å². The van der Waals surface area contributed by atoms with Gasteiger partial charge in [0, 0.05) is 24.2 Å². The highest BCUT2D eigenvalue weighted by molar-refractivity contribution is 6.31. The second kappa shape index (κ2) is 8.10. The first-order valence-electron chi connectivity index (χ1n) is 9.06. The molecule has 3 aromatic rings. The first kappa shape index (κ1) is 20.0. The van der Waals surface area contributed by atoms with Crippen molar-refractivity contribution in [1.82, 2.24) is 14.5 Å². The van der Waals surface area contributed by atoms with Crippen molar-refractivity contribution in [1.29, 1.82) is 0 Å². The minimum absolute atomic E-state index is 0.232. The molecule has 28 heavy (non-hydrogen) atoms. The van der Waals surface area contributed by atoms with Crippen LogP contribution in [0, 0.1) is 5.82 Å². The lowest BCUT2D eigenvalue weighted by Crippen LogP contribution is -2.37. The molecule has 0 aliphatic rings. The molecule has 0 fully saturated rings. The second-order valence-electron chi connectivity index (χ2n) is 6.68. The number of rotatable bonds is 5. The highest BCUT2D eigenvalue weighted by Gasteiger charge is 2.26. The third-order valence-electron chi connectivity index (χ3n) is 4.71. The summed E-state index contributed by atoms with van der Waals surface area (Å²) in [5.41, 5.74) is 0.547. The number of halogens is 2. The number of fused-ring (bicyclic) bond motifs is 1. The van der Waals surface area contributed by atoms with E-state index >= 15 is 0 Å². The van der Waals surface area contributed by atoms with Crippen molar-refractivity contribution in [2.45, 2.75) is 26.3 Å². The molecule has 0 aliphatic carbocycles. The zero-order valence-electron chi connectivity index (χ0n) is 15.9. The predicted octanol–water partition coefficient (Wildman–Crippen LogP) is 4.34. The van der Waals surface area contributed by atoms with E-state index in [2.05, 4.69) is 4.98 Å². The number of nitrogens with zero attached hydrogens (tertiary/aromatic N) is 3. The molecular formula is C21H21ClFN3O2. The van der Waals surface area contributed by atoms with Crippen LogP contribution in [0.15, 0.2) is 47.3 Å². The molecular weight excluding hydrogens is 381 g/mol. The highest BCUT2D eigenvalue weighted by Crippen LogP contribution is 2.23. The predicted molar refractivity (Wildman–Crippen MR) is 108 cm³/mol. The molecule has 1 heterocycles. The Labute approximate surface area is 167 Å². The zero-order valence-corrected chi connectivity index (χ0v) is 16.7. The van der Waals surface area contributed by atoms with Gasteiger partial charge in [0.05, 0.1) is 16.9 Å². The Morgan fingerprint density at radius 2 is 2.04 bits per heavy atom. The second-order valence-corrected chi connectivity index (χ2v) is 7.12. The van der Waals surface area contributed by atoms with Crippen LogP contribution >= 0.6 is 11.6 Å². The number of carbonyl (C=O) groups excluding carboxylic acids is 1. The maximum absolute atomic E-state index is 13.6. The van der Waals surface area contributed by atoms with Gasteiger partial charge in [-0.15, -0.1) is 0 Å². The van der Waals surface area contributed by atoms with E-state index in [4.69, 9.17) is 11.6 Å². The van der Waals surface area contributed by atoms with Gasteiger partial charge in [-0.3, -0.25) is 14.2 Å².